The molecule has 0 bridgehead atoms. The number of hydrogen-bond acceptors (Lipinski definition) is 4. The van der Waals surface area contributed by atoms with Crippen LogP contribution in [0.5, 0.6) is 5.75 Å². The Kier molecular flexibility index (Phi) is 2.11. The van der Waals surface area contributed by atoms with E-state index in [-0.39, 0.29) is 22.3 Å². The topological polar surface area (TPSA) is 71.4 Å². The number of carbonyl (C=O) groups is 3. The van der Waals surface area contributed by atoms with Gasteiger partial charge in [0.2, 0.25) is 11.6 Å². The van der Waals surface area contributed by atoms with Crippen LogP contribution < -0.4 is 10.4 Å². The molecular formula is C17H8O4. The third-order valence-corrected chi connectivity index (χ3v) is 3.88. The van der Waals surface area contributed by atoms with Crippen LogP contribution in [0.4, 0.5) is 0 Å². The van der Waals surface area contributed by atoms with Crippen molar-refractivity contribution in [3.05, 3.63) is 63.5 Å². The Labute approximate surface area is 118 Å². The Morgan fingerprint density at radius 2 is 1.48 bits per heavy atom. The van der Waals surface area contributed by atoms with Crippen LogP contribution in [0.3, 0.4) is 0 Å². The first-order valence-electron chi connectivity index (χ1n) is 6.40. The zero-order valence-electron chi connectivity index (χ0n) is 10.7. The van der Waals surface area contributed by atoms with E-state index in [1.807, 2.05) is 0 Å². The van der Waals surface area contributed by atoms with Crippen molar-refractivity contribution in [1.29, 1.82) is 0 Å². The van der Waals surface area contributed by atoms with Crippen molar-refractivity contribution in [1.82, 2.24) is 0 Å². The molecule has 0 unspecified atom stereocenters. The third-order valence-electron chi connectivity index (χ3n) is 3.88. The molecule has 0 fully saturated rings. The Balaban J connectivity index is 2.36. The van der Waals surface area contributed by atoms with E-state index in [0.717, 1.165) is 6.08 Å². The number of phenolic OH excluding ortho intramolecular Hbond substituents is 1. The molecule has 1 N–H and O–H groups in total. The summed E-state index contributed by atoms with van der Waals surface area (Å²) in [5, 5.41) is 10.5. The predicted octanol–water partition coefficient (Wildman–Crippen LogP) is 0.0679. The number of rotatable bonds is 0. The van der Waals surface area contributed by atoms with Crippen molar-refractivity contribution < 1.29 is 19.5 Å². The standard InChI is InChI=1S/C17H8O4/c18-12-6-5-10-14-11(12)7-13(19)17(21)15(14)8-3-1-2-4-9(8)16(10)20/h1-7,18H. The summed E-state index contributed by atoms with van der Waals surface area (Å²) in [5.74, 6) is -1.65. The Hall–Kier alpha value is -3.01. The average molecular weight is 276 g/mol. The smallest absolute Gasteiger partial charge is 0.234 e. The molecule has 0 amide bonds. The molecule has 4 heteroatoms. The van der Waals surface area contributed by atoms with E-state index in [2.05, 4.69) is 0 Å². The first kappa shape index (κ1) is 11.8. The minimum absolute atomic E-state index is 0.112. The van der Waals surface area contributed by atoms with Crippen molar-refractivity contribution in [3.8, 4) is 5.75 Å². The van der Waals surface area contributed by atoms with E-state index in [4.69, 9.17) is 0 Å². The van der Waals surface area contributed by atoms with Gasteiger partial charge in [0.1, 0.15) is 5.75 Å². The van der Waals surface area contributed by atoms with E-state index in [0.29, 0.717) is 21.9 Å². The van der Waals surface area contributed by atoms with Gasteiger partial charge in [-0.15, -0.1) is 0 Å². The van der Waals surface area contributed by atoms with Crippen LogP contribution in [0.1, 0.15) is 21.5 Å². The minimum Gasteiger partial charge on any atom is -0.507 e. The Morgan fingerprint density at radius 3 is 2.24 bits per heavy atom. The first-order valence-corrected chi connectivity index (χ1v) is 6.40. The largest absolute Gasteiger partial charge is 0.507 e. The van der Waals surface area contributed by atoms with Crippen LogP contribution in [0.15, 0.2) is 36.4 Å². The fraction of sp³-hybridized carbons (Fsp3) is 0. The van der Waals surface area contributed by atoms with E-state index < -0.39 is 11.6 Å². The highest BCUT2D eigenvalue weighted by atomic mass is 16.3. The summed E-state index contributed by atoms with van der Waals surface area (Å²) in [6.07, 6.45) is 1.10. The molecule has 0 heterocycles. The molecule has 2 aromatic carbocycles. The van der Waals surface area contributed by atoms with Gasteiger partial charge in [0.15, 0.2) is 5.78 Å². The summed E-state index contributed by atoms with van der Waals surface area (Å²) < 4.78 is 0. The second-order valence-electron chi connectivity index (χ2n) is 5.01. The van der Waals surface area contributed by atoms with Gasteiger partial charge in [0.25, 0.3) is 0 Å². The highest BCUT2D eigenvalue weighted by molar-refractivity contribution is 6.62. The number of aromatic hydroxyl groups is 1. The van der Waals surface area contributed by atoms with Crippen molar-refractivity contribution in [2.45, 2.75) is 0 Å². The zero-order chi connectivity index (χ0) is 14.7. The van der Waals surface area contributed by atoms with Crippen LogP contribution in [-0.4, -0.2) is 22.5 Å². The normalized spacial score (nSPS) is 15.4. The number of carbonyl (C=O) groups excluding carboxylic acids is 3. The molecule has 4 rings (SSSR count). The molecule has 2 aliphatic rings. The maximum absolute atomic E-state index is 12.5. The number of Topliss-reactive ketones (excluding diaryl/α,β-unsaturated/α-hetero) is 2. The van der Waals surface area contributed by atoms with Crippen LogP contribution in [0.25, 0.3) is 11.6 Å². The van der Waals surface area contributed by atoms with Gasteiger partial charge in [-0.2, -0.15) is 0 Å². The molecule has 0 atom stereocenters. The third kappa shape index (κ3) is 1.36. The fourth-order valence-corrected chi connectivity index (χ4v) is 2.95. The minimum atomic E-state index is -0.686. The number of phenols is 1. The molecule has 0 spiro atoms. The monoisotopic (exact) mass is 276 g/mol. The lowest BCUT2D eigenvalue weighted by atomic mass is 9.80. The van der Waals surface area contributed by atoms with Crippen molar-refractivity contribution in [2.75, 3.05) is 0 Å². The molecule has 0 saturated carbocycles. The molecular weight excluding hydrogens is 268 g/mol. The molecule has 2 aromatic rings. The Bertz CT molecular complexity index is 996. The fourth-order valence-electron chi connectivity index (χ4n) is 2.95. The van der Waals surface area contributed by atoms with Gasteiger partial charge in [0.05, 0.1) is 0 Å². The van der Waals surface area contributed by atoms with Crippen molar-refractivity contribution in [3.63, 3.8) is 0 Å². The lowest BCUT2D eigenvalue weighted by Gasteiger charge is -2.20. The van der Waals surface area contributed by atoms with E-state index >= 15 is 0 Å². The lowest BCUT2D eigenvalue weighted by molar-refractivity contribution is -0.129. The molecule has 0 aromatic heterocycles. The number of benzene rings is 2. The first-order chi connectivity index (χ1) is 10.1. The van der Waals surface area contributed by atoms with Gasteiger partial charge in [-0.3, -0.25) is 14.4 Å². The second-order valence-corrected chi connectivity index (χ2v) is 5.01. The lowest BCUT2D eigenvalue weighted by Crippen LogP contribution is -2.44. The maximum atomic E-state index is 12.5. The van der Waals surface area contributed by atoms with E-state index in [1.165, 1.54) is 12.1 Å². The maximum Gasteiger partial charge on any atom is 0.234 e. The molecule has 21 heavy (non-hydrogen) atoms. The molecule has 0 saturated heterocycles. The predicted molar refractivity (Wildman–Crippen MR) is 74.2 cm³/mol. The quantitative estimate of drug-likeness (QED) is 0.691. The molecule has 2 aliphatic carbocycles. The van der Waals surface area contributed by atoms with Crippen molar-refractivity contribution >= 4 is 29.0 Å². The summed E-state index contributed by atoms with van der Waals surface area (Å²) in [6.45, 7) is 0. The van der Waals surface area contributed by atoms with Crippen LogP contribution in [0.2, 0.25) is 0 Å². The van der Waals surface area contributed by atoms with Gasteiger partial charge >= 0.3 is 0 Å². The van der Waals surface area contributed by atoms with Gasteiger partial charge < -0.3 is 5.11 Å². The van der Waals surface area contributed by atoms with Gasteiger partial charge in [-0.05, 0) is 17.7 Å². The number of hydrogen-bond donors (Lipinski definition) is 1. The second kappa shape index (κ2) is 3.76. The van der Waals surface area contributed by atoms with E-state index in [1.54, 1.807) is 24.3 Å². The Morgan fingerprint density at radius 1 is 0.762 bits per heavy atom. The highest BCUT2D eigenvalue weighted by Gasteiger charge is 2.33. The van der Waals surface area contributed by atoms with Crippen molar-refractivity contribution in [2.24, 2.45) is 0 Å². The van der Waals surface area contributed by atoms with Crippen LogP contribution in [-0.2, 0) is 9.59 Å². The summed E-state index contributed by atoms with van der Waals surface area (Å²) in [7, 11) is 0. The molecule has 0 aliphatic heterocycles. The SMILES string of the molecule is O=C1C=c2c(O)ccc3c2=C(C1=O)c1ccccc1C3=O. The van der Waals surface area contributed by atoms with Crippen LogP contribution >= 0.6 is 0 Å². The highest BCUT2D eigenvalue weighted by Crippen LogP contribution is 2.26. The van der Waals surface area contributed by atoms with Gasteiger partial charge in [0, 0.05) is 33.2 Å². The summed E-state index contributed by atoms with van der Waals surface area (Å²) >= 11 is 0. The van der Waals surface area contributed by atoms with Crippen LogP contribution in [0, 0.1) is 0 Å². The molecule has 4 nitrogen and oxygen atoms in total. The zero-order valence-corrected chi connectivity index (χ0v) is 10.7. The number of ketones is 3. The average Bonchev–Trinajstić information content (AvgIpc) is 2.49. The summed E-state index contributed by atoms with van der Waals surface area (Å²) in [6, 6.07) is 9.57. The number of fused-ring (bicyclic) bond motifs is 2. The molecule has 100 valence electrons. The van der Waals surface area contributed by atoms with E-state index in [9.17, 15) is 19.5 Å². The molecule has 0 radical (unpaired) electrons. The van der Waals surface area contributed by atoms with Gasteiger partial charge in [-0.25, -0.2) is 0 Å². The summed E-state index contributed by atoms with van der Waals surface area (Å²) in [5.41, 5.74) is 1.40. The van der Waals surface area contributed by atoms with Gasteiger partial charge in [-0.1, -0.05) is 24.3 Å². The summed E-state index contributed by atoms with van der Waals surface area (Å²) in [4.78, 5) is 36.7.